The van der Waals surface area contributed by atoms with Gasteiger partial charge in [0.05, 0.1) is 0 Å². The molecule has 0 bridgehead atoms. The van der Waals surface area contributed by atoms with Crippen LogP contribution in [0.4, 0.5) is 0 Å². The maximum absolute atomic E-state index is 8.89. The minimum atomic E-state index is -1.08. The third kappa shape index (κ3) is 11500. The normalized spacial score (nSPS) is 4.76. The third-order valence-electron chi connectivity index (χ3n) is 0. The van der Waals surface area contributed by atoms with Crippen LogP contribution in [0.15, 0.2) is 0 Å². The number of carboxylic acids is 4. The van der Waals surface area contributed by atoms with Crippen molar-refractivity contribution in [2.75, 3.05) is 0 Å². The van der Waals surface area contributed by atoms with E-state index in [2.05, 4.69) is 0 Å². The summed E-state index contributed by atoms with van der Waals surface area (Å²) in [5.41, 5.74) is 0. The molecule has 0 aromatic rings. The molecule has 0 fully saturated rings. The maximum Gasteiger partial charge on any atom is 3.00 e. The van der Waals surface area contributed by atoms with Gasteiger partial charge in [0.2, 0.25) is 0 Å². The maximum atomic E-state index is 8.89. The molecule has 6 N–H and O–H groups in total. The van der Waals surface area contributed by atoms with Crippen molar-refractivity contribution in [2.45, 2.75) is 27.7 Å². The molecule has 0 aromatic heterocycles. The Balaban J connectivity index is -0.0000000121. The number of carbonyl (C=O) groups excluding carboxylic acids is 4. The van der Waals surface area contributed by atoms with E-state index < -0.39 is 23.9 Å². The molecule has 13 heteroatoms. The molecule has 0 amide bonds. The van der Waals surface area contributed by atoms with Crippen molar-refractivity contribution in [1.29, 1.82) is 0 Å². The summed E-state index contributed by atoms with van der Waals surface area (Å²) in [4.78, 5) is 35.6. The first-order valence-electron chi connectivity index (χ1n) is 3.63. The Bertz CT molecular complexity index is 170. The van der Waals surface area contributed by atoms with Gasteiger partial charge in [-0.3, -0.25) is 0 Å². The van der Waals surface area contributed by atoms with Crippen LogP contribution >= 0.6 is 0 Å². The Kier molecular flexibility index (Phi) is 143. The van der Waals surface area contributed by atoms with E-state index in [0.717, 1.165) is 27.7 Å². The summed E-state index contributed by atoms with van der Waals surface area (Å²) in [5.74, 6) is -4.33. The van der Waals surface area contributed by atoms with Crippen LogP contribution in [0.1, 0.15) is 27.7 Å². The van der Waals surface area contributed by atoms with Crippen LogP contribution in [-0.4, -0.2) is 57.7 Å². The van der Waals surface area contributed by atoms with Gasteiger partial charge in [0.25, 0.3) is 0 Å². The van der Waals surface area contributed by atoms with Gasteiger partial charge in [0.15, 0.2) is 0 Å². The fourth-order valence-electron chi connectivity index (χ4n) is 0. The van der Waals surface area contributed by atoms with E-state index in [9.17, 15) is 0 Å². The smallest absolute Gasteiger partial charge is 0.550 e. The minimum absolute atomic E-state index is 0. The second-order valence-electron chi connectivity index (χ2n) is 1.97. The molecule has 0 aromatic carbocycles. The van der Waals surface area contributed by atoms with E-state index in [-0.39, 0.29) is 63.3 Å². The van der Waals surface area contributed by atoms with Gasteiger partial charge in [0.1, 0.15) is 0 Å². The zero-order valence-corrected chi connectivity index (χ0v) is 15.5. The van der Waals surface area contributed by atoms with E-state index in [4.69, 9.17) is 39.6 Å². The van der Waals surface area contributed by atoms with Crippen molar-refractivity contribution in [3.8, 4) is 0 Å². The van der Waals surface area contributed by atoms with Crippen LogP contribution in [0.25, 0.3) is 0 Å². The molecule has 0 spiro atoms. The van der Waals surface area contributed by atoms with E-state index >= 15 is 0 Å². The molecule has 0 saturated carbocycles. The molecule has 0 rings (SSSR count). The Morgan fingerprint density at radius 2 is 0.524 bits per heavy atom. The number of carboxylic acid groups (broad SMARTS) is 4. The van der Waals surface area contributed by atoms with Gasteiger partial charge >= 0.3 is 46.9 Å². The van der Waals surface area contributed by atoms with Crippen molar-refractivity contribution in [1.82, 2.24) is 0 Å². The van der Waals surface area contributed by atoms with E-state index in [1.54, 1.807) is 0 Å². The summed E-state index contributed by atoms with van der Waals surface area (Å²) < 4.78 is 0. The second kappa shape index (κ2) is 50.6. The first-order chi connectivity index (χ1) is 6.93. The van der Waals surface area contributed by atoms with E-state index in [1.807, 2.05) is 0 Å². The molecular weight excluding hydrogens is 322 g/mol. The van der Waals surface area contributed by atoms with Crippen LogP contribution in [0, 0.1) is 0 Å². The number of carbonyl (C=O) groups is 4. The molecule has 0 aliphatic heterocycles. The SMILES string of the molecule is CC(=O)[O-].CC(=O)[O-].CC(=O)[O-].CC(=O)[O-].O.O.O.[Al+3].[Na+]. The van der Waals surface area contributed by atoms with Crippen LogP contribution in [-0.2, 0) is 19.2 Å². The van der Waals surface area contributed by atoms with Gasteiger partial charge in [-0.1, -0.05) is 0 Å². The molecule has 0 saturated heterocycles. The van der Waals surface area contributed by atoms with Crippen molar-refractivity contribution < 1.29 is 85.6 Å². The molecule has 120 valence electrons. The summed E-state index contributed by atoms with van der Waals surface area (Å²) in [6.07, 6.45) is 0. The van der Waals surface area contributed by atoms with Crippen LogP contribution < -0.4 is 50.0 Å². The molecule has 0 unspecified atom stereocenters. The largest absolute Gasteiger partial charge is 3.00 e. The third-order valence-corrected chi connectivity index (χ3v) is 0. The number of hydrogen-bond acceptors (Lipinski definition) is 8. The summed E-state index contributed by atoms with van der Waals surface area (Å²) in [7, 11) is 0. The quantitative estimate of drug-likeness (QED) is 0.381. The first kappa shape index (κ1) is 59.2. The fourth-order valence-corrected chi connectivity index (χ4v) is 0. The van der Waals surface area contributed by atoms with Crippen LogP contribution in [0.5, 0.6) is 0 Å². The topological polar surface area (TPSA) is 255 Å². The molecule has 0 aliphatic rings. The van der Waals surface area contributed by atoms with Crippen molar-refractivity contribution in [3.63, 3.8) is 0 Å². The summed E-state index contributed by atoms with van der Waals surface area (Å²) in [5, 5.41) is 35.6. The van der Waals surface area contributed by atoms with E-state index in [1.165, 1.54) is 0 Å². The van der Waals surface area contributed by atoms with Crippen LogP contribution in [0.3, 0.4) is 0 Å². The Morgan fingerprint density at radius 3 is 0.524 bits per heavy atom. The average molecular weight is 340 g/mol. The molecule has 0 atom stereocenters. The fraction of sp³-hybridized carbons (Fsp3) is 0.500. The van der Waals surface area contributed by atoms with Gasteiger partial charge < -0.3 is 56.0 Å². The Hall–Kier alpha value is -0.708. The monoisotopic (exact) mass is 340 g/mol. The number of rotatable bonds is 0. The second-order valence-corrected chi connectivity index (χ2v) is 1.97. The van der Waals surface area contributed by atoms with Gasteiger partial charge in [-0.05, 0) is 27.7 Å². The summed E-state index contributed by atoms with van der Waals surface area (Å²) in [6, 6.07) is 0. The number of aliphatic carboxylic acids is 4. The predicted octanol–water partition coefficient (Wildman–Crippen LogP) is -10.8. The zero-order chi connectivity index (χ0) is 14.3. The van der Waals surface area contributed by atoms with Gasteiger partial charge in [-0.15, -0.1) is 0 Å². The first-order valence-corrected chi connectivity index (χ1v) is 3.63. The van der Waals surface area contributed by atoms with Gasteiger partial charge in [0, 0.05) is 23.9 Å². The number of hydrogen-bond donors (Lipinski definition) is 0. The molecule has 0 aliphatic carbocycles. The summed E-state index contributed by atoms with van der Waals surface area (Å²) in [6.45, 7) is 3.89. The molecule has 11 nitrogen and oxygen atoms in total. The average Bonchev–Trinajstić information content (AvgIpc) is 1.76. The zero-order valence-electron chi connectivity index (χ0n) is 12.3. The van der Waals surface area contributed by atoms with Crippen molar-refractivity contribution in [3.05, 3.63) is 0 Å². The Morgan fingerprint density at radius 1 is 0.524 bits per heavy atom. The van der Waals surface area contributed by atoms with Gasteiger partial charge in [-0.2, -0.15) is 0 Å². The molecule has 0 radical (unpaired) electrons. The van der Waals surface area contributed by atoms with Gasteiger partial charge in [-0.25, -0.2) is 0 Å². The molecular formula is C8H18AlNaO11. The van der Waals surface area contributed by atoms with Crippen LogP contribution in [0.2, 0.25) is 0 Å². The van der Waals surface area contributed by atoms with Crippen molar-refractivity contribution in [2.24, 2.45) is 0 Å². The minimum Gasteiger partial charge on any atom is -0.550 e. The van der Waals surface area contributed by atoms with Crippen molar-refractivity contribution >= 4 is 41.2 Å². The standard InChI is InChI=1S/4C2H4O2.Al.Na.3H2O/c4*1-2(3)4;;;;;/h4*1H3,(H,3,4);;;3*1H2/q;;;;+3;+1;;;/p-4. The molecule has 21 heavy (non-hydrogen) atoms. The predicted molar refractivity (Wildman–Crippen MR) is 59.3 cm³/mol. The summed E-state index contributed by atoms with van der Waals surface area (Å²) >= 11 is 0. The Labute approximate surface area is 154 Å². The molecule has 0 heterocycles. The van der Waals surface area contributed by atoms with E-state index in [0.29, 0.717) is 0 Å².